The minimum Gasteiger partial charge on any atom is -0.302 e. The Labute approximate surface area is 118 Å². The van der Waals surface area contributed by atoms with Crippen molar-refractivity contribution in [2.45, 2.75) is 37.1 Å². The van der Waals surface area contributed by atoms with Crippen molar-refractivity contribution in [3.63, 3.8) is 0 Å². The Kier molecular flexibility index (Phi) is 4.28. The van der Waals surface area contributed by atoms with Crippen molar-refractivity contribution >= 4 is 27.9 Å². The highest BCUT2D eigenvalue weighted by atomic mass is 35.5. The number of nitrogens with zero attached hydrogens (tertiary/aromatic N) is 1. The van der Waals surface area contributed by atoms with Crippen molar-refractivity contribution < 1.29 is 13.2 Å². The van der Waals surface area contributed by atoms with Crippen LogP contribution in [0.5, 0.6) is 0 Å². The van der Waals surface area contributed by atoms with Gasteiger partial charge in [0, 0.05) is 11.6 Å². The summed E-state index contributed by atoms with van der Waals surface area (Å²) in [5.74, 6) is 0. The number of hydrogen-bond donors (Lipinski definition) is 0. The van der Waals surface area contributed by atoms with Crippen molar-refractivity contribution in [3.05, 3.63) is 28.8 Å². The summed E-state index contributed by atoms with van der Waals surface area (Å²) in [6.45, 7) is 2.10. The number of hydrogen-bond acceptors (Lipinski definition) is 3. The summed E-state index contributed by atoms with van der Waals surface area (Å²) in [5, 5.41) is 0.502. The summed E-state index contributed by atoms with van der Waals surface area (Å²) in [5.41, 5.74) is 0.600. The fourth-order valence-electron chi connectivity index (χ4n) is 2.39. The van der Waals surface area contributed by atoms with E-state index in [4.69, 9.17) is 11.6 Å². The van der Waals surface area contributed by atoms with E-state index >= 15 is 0 Å². The quantitative estimate of drug-likeness (QED) is 0.806. The summed E-state index contributed by atoms with van der Waals surface area (Å²) in [6.07, 6.45) is 2.99. The molecule has 1 saturated heterocycles. The number of benzene rings is 1. The third-order valence-electron chi connectivity index (χ3n) is 3.38. The van der Waals surface area contributed by atoms with E-state index in [0.29, 0.717) is 23.6 Å². The lowest BCUT2D eigenvalue weighted by Gasteiger charge is -2.31. The van der Waals surface area contributed by atoms with Crippen molar-refractivity contribution in [2.24, 2.45) is 0 Å². The van der Waals surface area contributed by atoms with Crippen LogP contribution in [0.1, 0.15) is 24.8 Å². The average Bonchev–Trinajstić information content (AvgIpc) is 2.38. The van der Waals surface area contributed by atoms with Crippen molar-refractivity contribution in [2.75, 3.05) is 6.54 Å². The number of halogens is 1. The first-order valence-corrected chi connectivity index (χ1v) is 8.02. The largest absolute Gasteiger partial charge is 0.302 e. The lowest BCUT2D eigenvalue weighted by atomic mass is 10.1. The van der Waals surface area contributed by atoms with Crippen LogP contribution in [-0.2, 0) is 14.8 Å². The lowest BCUT2D eigenvalue weighted by Crippen LogP contribution is -2.44. The molecule has 6 heteroatoms. The molecule has 1 aliphatic rings. The zero-order chi connectivity index (χ0) is 14.0. The van der Waals surface area contributed by atoms with Gasteiger partial charge in [0.05, 0.1) is 10.9 Å². The van der Waals surface area contributed by atoms with Gasteiger partial charge in [-0.05, 0) is 43.5 Å². The Hall–Kier alpha value is -0.910. The molecule has 19 heavy (non-hydrogen) atoms. The smallest absolute Gasteiger partial charge is 0.243 e. The Bertz CT molecular complexity index is 586. The van der Waals surface area contributed by atoms with Gasteiger partial charge >= 0.3 is 0 Å². The molecule has 0 aliphatic carbocycles. The van der Waals surface area contributed by atoms with E-state index in [1.54, 1.807) is 19.1 Å². The number of piperidine rings is 1. The van der Waals surface area contributed by atoms with E-state index in [-0.39, 0.29) is 4.90 Å². The van der Waals surface area contributed by atoms with Crippen LogP contribution >= 0.6 is 11.6 Å². The van der Waals surface area contributed by atoms with E-state index in [1.165, 1.54) is 10.4 Å². The average molecular weight is 302 g/mol. The first-order valence-electron chi connectivity index (χ1n) is 6.20. The zero-order valence-electron chi connectivity index (χ0n) is 10.7. The van der Waals surface area contributed by atoms with E-state index in [2.05, 4.69) is 0 Å². The molecule has 0 aromatic heterocycles. The molecule has 1 aliphatic heterocycles. The second-order valence-corrected chi connectivity index (χ2v) is 7.02. The van der Waals surface area contributed by atoms with Crippen LogP contribution in [0.15, 0.2) is 23.1 Å². The van der Waals surface area contributed by atoms with Crippen LogP contribution in [0.3, 0.4) is 0 Å². The molecular formula is C13H16ClNO3S. The summed E-state index contributed by atoms with van der Waals surface area (Å²) in [4.78, 5) is 11.3. The van der Waals surface area contributed by atoms with Gasteiger partial charge in [-0.25, -0.2) is 8.42 Å². The lowest BCUT2D eigenvalue weighted by molar-refractivity contribution is -0.111. The molecule has 1 fully saturated rings. The molecule has 0 N–H and O–H groups in total. The molecule has 1 aromatic carbocycles. The topological polar surface area (TPSA) is 54.5 Å². The van der Waals surface area contributed by atoms with Gasteiger partial charge in [0.1, 0.15) is 6.29 Å². The standard InChI is InChI=1S/C13H16ClNO3S/c1-10-8-11(14)5-6-13(10)19(17,18)15-7-3-2-4-12(15)9-16/h5-6,8-9,12H,2-4,7H2,1H3. The predicted octanol–water partition coefficient (Wildman–Crippen LogP) is 2.39. The minimum atomic E-state index is -3.63. The molecule has 0 saturated carbocycles. The normalized spacial score (nSPS) is 21.3. The Morgan fingerprint density at radius 2 is 2.11 bits per heavy atom. The number of carbonyl (C=O) groups is 1. The van der Waals surface area contributed by atoms with Gasteiger partial charge in [-0.15, -0.1) is 0 Å². The van der Waals surface area contributed by atoms with Gasteiger partial charge in [-0.3, -0.25) is 0 Å². The highest BCUT2D eigenvalue weighted by Crippen LogP contribution is 2.27. The first-order chi connectivity index (χ1) is 8.96. The van der Waals surface area contributed by atoms with E-state index < -0.39 is 16.1 Å². The fraction of sp³-hybridized carbons (Fsp3) is 0.462. The molecule has 1 heterocycles. The summed E-state index contributed by atoms with van der Waals surface area (Å²) in [6, 6.07) is 4.13. The van der Waals surface area contributed by atoms with Crippen LogP contribution in [-0.4, -0.2) is 31.6 Å². The van der Waals surface area contributed by atoms with Gasteiger partial charge < -0.3 is 4.79 Å². The van der Waals surface area contributed by atoms with Gasteiger partial charge in [-0.2, -0.15) is 4.31 Å². The SMILES string of the molecule is Cc1cc(Cl)ccc1S(=O)(=O)N1CCCCC1C=O. The van der Waals surface area contributed by atoms with Gasteiger partial charge in [-0.1, -0.05) is 18.0 Å². The third-order valence-corrected chi connectivity index (χ3v) is 5.70. The molecule has 104 valence electrons. The highest BCUT2D eigenvalue weighted by Gasteiger charge is 2.33. The minimum absolute atomic E-state index is 0.227. The van der Waals surface area contributed by atoms with E-state index in [1.807, 2.05) is 0 Å². The molecule has 1 unspecified atom stereocenters. The molecule has 0 amide bonds. The fourth-order valence-corrected chi connectivity index (χ4v) is 4.46. The molecule has 1 aromatic rings. The van der Waals surface area contributed by atoms with Crippen LogP contribution in [0.2, 0.25) is 5.02 Å². The van der Waals surface area contributed by atoms with Gasteiger partial charge in [0.15, 0.2) is 0 Å². The summed E-state index contributed by atoms with van der Waals surface area (Å²) in [7, 11) is -3.63. The molecule has 2 rings (SSSR count). The maximum absolute atomic E-state index is 12.6. The maximum Gasteiger partial charge on any atom is 0.243 e. The van der Waals surface area contributed by atoms with Crippen molar-refractivity contribution in [3.8, 4) is 0 Å². The second-order valence-electron chi connectivity index (χ2n) is 4.72. The Balaban J connectivity index is 2.43. The highest BCUT2D eigenvalue weighted by molar-refractivity contribution is 7.89. The van der Waals surface area contributed by atoms with E-state index in [9.17, 15) is 13.2 Å². The van der Waals surface area contributed by atoms with Crippen LogP contribution < -0.4 is 0 Å². The summed E-state index contributed by atoms with van der Waals surface area (Å²) >= 11 is 5.84. The van der Waals surface area contributed by atoms with Crippen molar-refractivity contribution in [1.82, 2.24) is 4.31 Å². The number of carbonyl (C=O) groups excluding carboxylic acids is 1. The maximum atomic E-state index is 12.6. The van der Waals surface area contributed by atoms with Crippen LogP contribution in [0.4, 0.5) is 0 Å². The molecular weight excluding hydrogens is 286 g/mol. The predicted molar refractivity (Wildman–Crippen MR) is 73.8 cm³/mol. The number of aryl methyl sites for hydroxylation is 1. The monoisotopic (exact) mass is 301 g/mol. The number of aldehydes is 1. The van der Waals surface area contributed by atoms with Crippen LogP contribution in [0, 0.1) is 6.92 Å². The number of sulfonamides is 1. The van der Waals surface area contributed by atoms with Crippen molar-refractivity contribution in [1.29, 1.82) is 0 Å². The second kappa shape index (κ2) is 5.61. The number of rotatable bonds is 3. The molecule has 0 radical (unpaired) electrons. The first kappa shape index (κ1) is 14.5. The molecule has 0 spiro atoms. The zero-order valence-corrected chi connectivity index (χ0v) is 12.2. The molecule has 4 nitrogen and oxygen atoms in total. The Morgan fingerprint density at radius 1 is 1.37 bits per heavy atom. The van der Waals surface area contributed by atoms with Gasteiger partial charge in [0.2, 0.25) is 10.0 Å². The third kappa shape index (κ3) is 2.83. The van der Waals surface area contributed by atoms with E-state index in [0.717, 1.165) is 19.1 Å². The molecule has 0 bridgehead atoms. The van der Waals surface area contributed by atoms with Gasteiger partial charge in [0.25, 0.3) is 0 Å². The Morgan fingerprint density at radius 3 is 2.74 bits per heavy atom. The summed E-state index contributed by atoms with van der Waals surface area (Å²) < 4.78 is 26.5. The molecule has 1 atom stereocenters. The van der Waals surface area contributed by atoms with Crippen LogP contribution in [0.25, 0.3) is 0 Å².